The number of hydrogen-bond acceptors (Lipinski definition) is 3. The minimum Gasteiger partial charge on any atom is -0.493 e. The SMILES string of the molecule is O=C(CCc1ccccn1)c1cccc2c1OCCC2. The Morgan fingerprint density at radius 1 is 1.20 bits per heavy atom. The van der Waals surface area contributed by atoms with Crippen molar-refractivity contribution in [1.29, 1.82) is 0 Å². The third-order valence-corrected chi connectivity index (χ3v) is 3.57. The molecule has 0 spiro atoms. The smallest absolute Gasteiger partial charge is 0.166 e. The lowest BCUT2D eigenvalue weighted by Crippen LogP contribution is -2.13. The van der Waals surface area contributed by atoms with Crippen LogP contribution >= 0.6 is 0 Å². The standard InChI is InChI=1S/C17H17NO2/c19-16(10-9-14-7-1-2-11-18-14)15-8-3-5-13-6-4-12-20-17(13)15/h1-3,5,7-8,11H,4,6,9-10,12H2. The van der Waals surface area contributed by atoms with E-state index >= 15 is 0 Å². The van der Waals surface area contributed by atoms with Gasteiger partial charge < -0.3 is 4.74 Å². The number of carbonyl (C=O) groups excluding carboxylic acids is 1. The van der Waals surface area contributed by atoms with Gasteiger partial charge in [-0.05, 0) is 43.0 Å². The van der Waals surface area contributed by atoms with Crippen LogP contribution in [-0.2, 0) is 12.8 Å². The highest BCUT2D eigenvalue weighted by molar-refractivity contribution is 5.99. The molecule has 0 atom stereocenters. The van der Waals surface area contributed by atoms with E-state index in [2.05, 4.69) is 4.98 Å². The molecule has 0 unspecified atom stereocenters. The van der Waals surface area contributed by atoms with Crippen LogP contribution in [0.2, 0.25) is 0 Å². The van der Waals surface area contributed by atoms with Gasteiger partial charge in [-0.25, -0.2) is 0 Å². The Balaban J connectivity index is 1.74. The molecule has 0 radical (unpaired) electrons. The molecule has 1 aromatic carbocycles. The molecule has 0 N–H and O–H groups in total. The number of Topliss-reactive ketones (excluding diaryl/α,β-unsaturated/α-hetero) is 1. The van der Waals surface area contributed by atoms with Crippen LogP contribution in [-0.4, -0.2) is 17.4 Å². The molecule has 0 saturated carbocycles. The average Bonchev–Trinajstić information content (AvgIpc) is 2.53. The first-order chi connectivity index (χ1) is 9.84. The van der Waals surface area contributed by atoms with E-state index in [-0.39, 0.29) is 5.78 Å². The summed E-state index contributed by atoms with van der Waals surface area (Å²) in [7, 11) is 0. The first kappa shape index (κ1) is 12.9. The van der Waals surface area contributed by atoms with Crippen LogP contribution in [0.25, 0.3) is 0 Å². The zero-order valence-electron chi connectivity index (χ0n) is 11.3. The summed E-state index contributed by atoms with van der Waals surface area (Å²) in [6.45, 7) is 0.706. The van der Waals surface area contributed by atoms with Crippen LogP contribution in [0.3, 0.4) is 0 Å². The predicted molar refractivity (Wildman–Crippen MR) is 77.1 cm³/mol. The summed E-state index contributed by atoms with van der Waals surface area (Å²) >= 11 is 0. The number of rotatable bonds is 4. The van der Waals surface area contributed by atoms with Crippen molar-refractivity contribution in [2.45, 2.75) is 25.7 Å². The second kappa shape index (κ2) is 5.87. The van der Waals surface area contributed by atoms with Crippen LogP contribution < -0.4 is 4.74 Å². The van der Waals surface area contributed by atoms with Gasteiger partial charge in [0.1, 0.15) is 5.75 Å². The maximum absolute atomic E-state index is 12.4. The van der Waals surface area contributed by atoms with Crippen molar-refractivity contribution in [3.05, 3.63) is 59.4 Å². The first-order valence-electron chi connectivity index (χ1n) is 7.02. The van der Waals surface area contributed by atoms with Crippen molar-refractivity contribution in [3.63, 3.8) is 0 Å². The molecule has 20 heavy (non-hydrogen) atoms. The van der Waals surface area contributed by atoms with Crippen molar-refractivity contribution >= 4 is 5.78 Å². The molecule has 0 amide bonds. The second-order valence-corrected chi connectivity index (χ2v) is 4.99. The van der Waals surface area contributed by atoms with Gasteiger partial charge in [-0.1, -0.05) is 18.2 Å². The molecule has 2 aromatic rings. The summed E-state index contributed by atoms with van der Waals surface area (Å²) in [5.41, 5.74) is 2.82. The number of aryl methyl sites for hydroxylation is 2. The third kappa shape index (κ3) is 2.72. The van der Waals surface area contributed by atoms with Crippen molar-refractivity contribution in [1.82, 2.24) is 4.98 Å². The number of aromatic nitrogens is 1. The van der Waals surface area contributed by atoms with Gasteiger partial charge >= 0.3 is 0 Å². The molecular formula is C17H17NO2. The maximum Gasteiger partial charge on any atom is 0.166 e. The molecule has 0 saturated heterocycles. The number of pyridine rings is 1. The fraction of sp³-hybridized carbons (Fsp3) is 0.294. The van der Waals surface area contributed by atoms with Gasteiger partial charge in [0, 0.05) is 18.3 Å². The molecule has 1 aliphatic heterocycles. The maximum atomic E-state index is 12.4. The zero-order valence-corrected chi connectivity index (χ0v) is 11.3. The van der Waals surface area contributed by atoms with Crippen LogP contribution in [0.4, 0.5) is 0 Å². The topological polar surface area (TPSA) is 39.2 Å². The lowest BCUT2D eigenvalue weighted by molar-refractivity contribution is 0.0977. The number of ether oxygens (including phenoxy) is 1. The van der Waals surface area contributed by atoms with E-state index in [1.807, 2.05) is 36.4 Å². The van der Waals surface area contributed by atoms with Crippen LogP contribution in [0.15, 0.2) is 42.6 Å². The molecule has 0 fully saturated rings. The molecule has 3 heteroatoms. The molecule has 0 aliphatic carbocycles. The Morgan fingerprint density at radius 2 is 2.15 bits per heavy atom. The summed E-state index contributed by atoms with van der Waals surface area (Å²) in [6.07, 6.45) is 4.92. The number of fused-ring (bicyclic) bond motifs is 1. The Bertz CT molecular complexity index is 608. The van der Waals surface area contributed by atoms with Crippen LogP contribution in [0.5, 0.6) is 5.75 Å². The molecule has 2 heterocycles. The van der Waals surface area contributed by atoms with Gasteiger partial charge in [0.05, 0.1) is 12.2 Å². The van der Waals surface area contributed by atoms with E-state index in [1.165, 1.54) is 0 Å². The normalized spacial score (nSPS) is 13.4. The van der Waals surface area contributed by atoms with Crippen LogP contribution in [0, 0.1) is 0 Å². The van der Waals surface area contributed by atoms with E-state index in [9.17, 15) is 4.79 Å². The molecule has 0 bridgehead atoms. The van der Waals surface area contributed by atoms with Gasteiger partial charge in [0.2, 0.25) is 0 Å². The van der Waals surface area contributed by atoms with E-state index in [0.29, 0.717) is 19.4 Å². The van der Waals surface area contributed by atoms with Crippen molar-refractivity contribution in [2.75, 3.05) is 6.61 Å². The number of ketones is 1. The Labute approximate surface area is 118 Å². The molecule has 1 aliphatic rings. The highest BCUT2D eigenvalue weighted by atomic mass is 16.5. The minimum absolute atomic E-state index is 0.134. The third-order valence-electron chi connectivity index (χ3n) is 3.57. The van der Waals surface area contributed by atoms with Gasteiger partial charge in [0.15, 0.2) is 5.78 Å². The summed E-state index contributed by atoms with van der Waals surface area (Å²) in [5.74, 6) is 0.930. The Kier molecular flexibility index (Phi) is 3.77. The largest absolute Gasteiger partial charge is 0.493 e. The monoisotopic (exact) mass is 267 g/mol. The van der Waals surface area contributed by atoms with Crippen molar-refractivity contribution in [2.24, 2.45) is 0 Å². The van der Waals surface area contributed by atoms with Gasteiger partial charge in [-0.15, -0.1) is 0 Å². The van der Waals surface area contributed by atoms with Crippen molar-refractivity contribution in [3.8, 4) is 5.75 Å². The number of nitrogens with zero attached hydrogens (tertiary/aromatic N) is 1. The van der Waals surface area contributed by atoms with E-state index < -0.39 is 0 Å². The molecule has 102 valence electrons. The minimum atomic E-state index is 0.134. The number of carbonyl (C=O) groups is 1. The lowest BCUT2D eigenvalue weighted by Gasteiger charge is -2.19. The second-order valence-electron chi connectivity index (χ2n) is 4.99. The Hall–Kier alpha value is -2.16. The van der Waals surface area contributed by atoms with E-state index in [1.54, 1.807) is 6.20 Å². The summed E-state index contributed by atoms with van der Waals surface area (Å²) in [5, 5.41) is 0. The Morgan fingerprint density at radius 3 is 3.00 bits per heavy atom. The molecule has 1 aromatic heterocycles. The van der Waals surface area contributed by atoms with Gasteiger partial charge in [0.25, 0.3) is 0 Å². The summed E-state index contributed by atoms with van der Waals surface area (Å²) in [6, 6.07) is 11.6. The average molecular weight is 267 g/mol. The lowest BCUT2D eigenvalue weighted by atomic mass is 9.98. The quantitative estimate of drug-likeness (QED) is 0.798. The fourth-order valence-corrected chi connectivity index (χ4v) is 2.53. The highest BCUT2D eigenvalue weighted by Crippen LogP contribution is 2.29. The number of hydrogen-bond donors (Lipinski definition) is 0. The summed E-state index contributed by atoms with van der Waals surface area (Å²) < 4.78 is 5.69. The molecule has 3 rings (SSSR count). The van der Waals surface area contributed by atoms with Crippen LogP contribution in [0.1, 0.15) is 34.5 Å². The van der Waals surface area contributed by atoms with Gasteiger partial charge in [-0.2, -0.15) is 0 Å². The summed E-state index contributed by atoms with van der Waals surface area (Å²) in [4.78, 5) is 16.6. The molecular weight excluding hydrogens is 250 g/mol. The van der Waals surface area contributed by atoms with Crippen molar-refractivity contribution < 1.29 is 9.53 Å². The highest BCUT2D eigenvalue weighted by Gasteiger charge is 2.18. The van der Waals surface area contributed by atoms with Gasteiger partial charge in [-0.3, -0.25) is 9.78 Å². The van der Waals surface area contributed by atoms with E-state index in [0.717, 1.165) is 35.4 Å². The zero-order chi connectivity index (χ0) is 13.8. The number of benzene rings is 1. The fourth-order valence-electron chi connectivity index (χ4n) is 2.53. The predicted octanol–water partition coefficient (Wildman–Crippen LogP) is 3.22. The first-order valence-corrected chi connectivity index (χ1v) is 7.02. The van der Waals surface area contributed by atoms with E-state index in [4.69, 9.17) is 4.74 Å². The molecule has 3 nitrogen and oxygen atoms in total. The number of para-hydroxylation sites is 1.